The van der Waals surface area contributed by atoms with Crippen LogP contribution >= 0.6 is 0 Å². The van der Waals surface area contributed by atoms with Crippen LogP contribution in [0.1, 0.15) is 21.5 Å². The first-order valence-corrected chi connectivity index (χ1v) is 6.16. The van der Waals surface area contributed by atoms with E-state index in [-0.39, 0.29) is 5.75 Å². The lowest BCUT2D eigenvalue weighted by atomic mass is 10.1. The largest absolute Gasteiger partial charge is 0.508 e. The van der Waals surface area contributed by atoms with Crippen molar-refractivity contribution in [3.63, 3.8) is 0 Å². The van der Waals surface area contributed by atoms with E-state index in [1.54, 1.807) is 0 Å². The van der Waals surface area contributed by atoms with Gasteiger partial charge in [-0.15, -0.1) is 0 Å². The van der Waals surface area contributed by atoms with Gasteiger partial charge in [0.05, 0.1) is 11.8 Å². The molecule has 0 bridgehead atoms. The number of phenolic OH excluding ortho intramolecular Hbond substituents is 1. The zero-order valence-electron chi connectivity index (χ0n) is 11.1. The summed E-state index contributed by atoms with van der Waals surface area (Å²) in [6.07, 6.45) is -3.15. The molecule has 0 atom stereocenters. The van der Waals surface area contributed by atoms with Gasteiger partial charge in [0.1, 0.15) is 5.75 Å². The van der Waals surface area contributed by atoms with E-state index < -0.39 is 17.6 Å². The molecule has 7 heteroatoms. The van der Waals surface area contributed by atoms with Crippen molar-refractivity contribution < 1.29 is 23.1 Å². The molecular formula is C15H11F3N2O2. The van der Waals surface area contributed by atoms with Crippen LogP contribution in [0.4, 0.5) is 13.2 Å². The number of nitrogens with one attached hydrogen (secondary N) is 1. The molecule has 0 saturated carbocycles. The summed E-state index contributed by atoms with van der Waals surface area (Å²) in [4.78, 5) is 11.7. The van der Waals surface area contributed by atoms with E-state index in [0.717, 1.165) is 12.1 Å². The number of alkyl halides is 3. The fourth-order valence-electron chi connectivity index (χ4n) is 1.60. The zero-order valence-corrected chi connectivity index (χ0v) is 11.1. The van der Waals surface area contributed by atoms with Crippen LogP contribution in [-0.4, -0.2) is 17.2 Å². The highest BCUT2D eigenvalue weighted by Crippen LogP contribution is 2.28. The molecule has 0 fully saturated rings. The fraction of sp³-hybridized carbons (Fsp3) is 0.0667. The van der Waals surface area contributed by atoms with E-state index in [9.17, 15) is 18.0 Å². The molecule has 22 heavy (non-hydrogen) atoms. The van der Waals surface area contributed by atoms with Gasteiger partial charge in [0.25, 0.3) is 5.91 Å². The summed E-state index contributed by atoms with van der Waals surface area (Å²) in [7, 11) is 0. The third-order valence-electron chi connectivity index (χ3n) is 2.75. The number of nitrogens with zero attached hydrogens (tertiary/aromatic N) is 1. The van der Waals surface area contributed by atoms with Crippen molar-refractivity contribution in [2.45, 2.75) is 6.18 Å². The Morgan fingerprint density at radius 3 is 2.18 bits per heavy atom. The molecule has 0 heterocycles. The molecule has 0 spiro atoms. The number of rotatable bonds is 3. The normalized spacial score (nSPS) is 11.6. The molecule has 0 aliphatic heterocycles. The third kappa shape index (κ3) is 4.08. The Hall–Kier alpha value is -2.83. The number of hydrogen-bond donors (Lipinski definition) is 2. The van der Waals surface area contributed by atoms with Crippen molar-refractivity contribution in [2.24, 2.45) is 5.10 Å². The number of hydrazone groups is 1. The van der Waals surface area contributed by atoms with Crippen molar-refractivity contribution >= 4 is 12.1 Å². The predicted octanol–water partition coefficient (Wildman–Crippen LogP) is 3.17. The Balaban J connectivity index is 1.97. The number of hydrogen-bond acceptors (Lipinski definition) is 3. The van der Waals surface area contributed by atoms with Crippen molar-refractivity contribution in [1.82, 2.24) is 5.43 Å². The molecule has 0 radical (unpaired) electrons. The van der Waals surface area contributed by atoms with Crippen molar-refractivity contribution in [2.75, 3.05) is 0 Å². The van der Waals surface area contributed by atoms with Crippen molar-refractivity contribution in [3.8, 4) is 5.75 Å². The monoisotopic (exact) mass is 308 g/mol. The molecule has 114 valence electrons. The third-order valence-corrected chi connectivity index (χ3v) is 2.75. The summed E-state index contributed by atoms with van der Waals surface area (Å²) in [6.45, 7) is 0. The van der Waals surface area contributed by atoms with Gasteiger partial charge in [-0.25, -0.2) is 5.43 Å². The Kier molecular flexibility index (Phi) is 4.45. The van der Waals surface area contributed by atoms with Crippen molar-refractivity contribution in [1.29, 1.82) is 0 Å². The summed E-state index contributed by atoms with van der Waals surface area (Å²) >= 11 is 0. The Morgan fingerprint density at radius 1 is 1.05 bits per heavy atom. The molecule has 0 unspecified atom stereocenters. The number of halogens is 3. The van der Waals surface area contributed by atoms with E-state index >= 15 is 0 Å². The molecule has 1 amide bonds. The van der Waals surface area contributed by atoms with Crippen LogP contribution in [-0.2, 0) is 6.18 Å². The van der Waals surface area contributed by atoms with Crippen LogP contribution in [0.25, 0.3) is 0 Å². The summed E-state index contributed by atoms with van der Waals surface area (Å²) < 4.78 is 37.2. The van der Waals surface area contributed by atoms with Gasteiger partial charge in [-0.2, -0.15) is 18.3 Å². The Bertz CT molecular complexity index is 677. The molecule has 2 rings (SSSR count). The number of amides is 1. The van der Waals surface area contributed by atoms with Crippen molar-refractivity contribution in [3.05, 3.63) is 65.2 Å². The van der Waals surface area contributed by atoms with E-state index in [0.29, 0.717) is 11.1 Å². The number of aromatic hydroxyl groups is 1. The maximum absolute atomic E-state index is 12.4. The van der Waals surface area contributed by atoms with Crippen LogP contribution < -0.4 is 5.43 Å². The summed E-state index contributed by atoms with van der Waals surface area (Å²) in [5.74, 6) is -0.465. The molecule has 0 aliphatic carbocycles. The van der Waals surface area contributed by atoms with E-state index in [1.807, 2.05) is 0 Å². The maximum atomic E-state index is 12.4. The zero-order chi connectivity index (χ0) is 16.2. The second-order valence-corrected chi connectivity index (χ2v) is 4.37. The van der Waals surface area contributed by atoms with Crippen LogP contribution in [0.3, 0.4) is 0 Å². The minimum Gasteiger partial charge on any atom is -0.508 e. The minimum atomic E-state index is -4.39. The summed E-state index contributed by atoms with van der Waals surface area (Å²) in [5.41, 5.74) is 2.20. The van der Waals surface area contributed by atoms with Crippen LogP contribution in [0.2, 0.25) is 0 Å². The van der Waals surface area contributed by atoms with Gasteiger partial charge in [-0.1, -0.05) is 12.1 Å². The lowest BCUT2D eigenvalue weighted by Gasteiger charge is -2.05. The molecule has 0 saturated heterocycles. The lowest BCUT2D eigenvalue weighted by Crippen LogP contribution is -2.17. The minimum absolute atomic E-state index is 0.0322. The second-order valence-electron chi connectivity index (χ2n) is 4.37. The molecule has 0 aliphatic rings. The Morgan fingerprint density at radius 2 is 1.64 bits per heavy atom. The smallest absolute Gasteiger partial charge is 0.416 e. The number of benzene rings is 2. The quantitative estimate of drug-likeness (QED) is 0.676. The lowest BCUT2D eigenvalue weighted by molar-refractivity contribution is -0.137. The van der Waals surface area contributed by atoms with Gasteiger partial charge in [-0.3, -0.25) is 4.79 Å². The highest BCUT2D eigenvalue weighted by molar-refractivity contribution is 5.94. The molecular weight excluding hydrogens is 297 g/mol. The standard InChI is InChI=1S/C15H11F3N2O2/c16-15(17,18)12-5-1-10(2-6-12)9-19-20-14(22)11-3-7-13(21)8-4-11/h1-9,21H,(H,20,22). The van der Waals surface area contributed by atoms with Gasteiger partial charge in [0.15, 0.2) is 0 Å². The number of carbonyl (C=O) groups excluding carboxylic acids is 1. The van der Waals surface area contributed by atoms with Gasteiger partial charge < -0.3 is 5.11 Å². The van der Waals surface area contributed by atoms with E-state index in [4.69, 9.17) is 5.11 Å². The Labute approximate surface area is 123 Å². The molecule has 0 aromatic heterocycles. The fourth-order valence-corrected chi connectivity index (χ4v) is 1.60. The van der Waals surface area contributed by atoms with Crippen LogP contribution in [0.15, 0.2) is 53.6 Å². The first kappa shape index (κ1) is 15.6. The SMILES string of the molecule is O=C(NN=Cc1ccc(C(F)(F)F)cc1)c1ccc(O)cc1. The molecule has 2 N–H and O–H groups in total. The number of phenols is 1. The first-order chi connectivity index (χ1) is 10.4. The van der Waals surface area contributed by atoms with E-state index in [1.165, 1.54) is 42.6 Å². The van der Waals surface area contributed by atoms with Crippen LogP contribution in [0.5, 0.6) is 5.75 Å². The van der Waals surface area contributed by atoms with Gasteiger partial charge in [-0.05, 0) is 42.0 Å². The van der Waals surface area contributed by atoms with E-state index in [2.05, 4.69) is 10.5 Å². The number of carbonyl (C=O) groups is 1. The highest BCUT2D eigenvalue weighted by Gasteiger charge is 2.29. The molecule has 2 aromatic rings. The van der Waals surface area contributed by atoms with Gasteiger partial charge in [0, 0.05) is 5.56 Å². The predicted molar refractivity (Wildman–Crippen MR) is 74.6 cm³/mol. The topological polar surface area (TPSA) is 61.7 Å². The summed E-state index contributed by atoms with van der Waals surface area (Å²) in [5, 5.41) is 12.8. The van der Waals surface area contributed by atoms with Crippen LogP contribution in [0, 0.1) is 0 Å². The summed E-state index contributed by atoms with van der Waals surface area (Å²) in [6, 6.07) is 9.91. The highest BCUT2D eigenvalue weighted by atomic mass is 19.4. The van der Waals surface area contributed by atoms with Gasteiger partial charge >= 0.3 is 6.18 Å². The average Bonchev–Trinajstić information content (AvgIpc) is 2.47. The first-order valence-electron chi connectivity index (χ1n) is 6.16. The average molecular weight is 308 g/mol. The molecule has 4 nitrogen and oxygen atoms in total. The second kappa shape index (κ2) is 6.30. The van der Waals surface area contributed by atoms with Gasteiger partial charge in [0.2, 0.25) is 0 Å². The maximum Gasteiger partial charge on any atom is 0.416 e. The molecule has 2 aromatic carbocycles.